The van der Waals surface area contributed by atoms with Gasteiger partial charge in [0.25, 0.3) is 5.56 Å². The third-order valence-corrected chi connectivity index (χ3v) is 4.60. The minimum absolute atomic E-state index is 0.140. The Labute approximate surface area is 145 Å². The van der Waals surface area contributed by atoms with Gasteiger partial charge in [-0.1, -0.05) is 0 Å². The lowest BCUT2D eigenvalue weighted by Crippen LogP contribution is -2.44. The number of aromatic nitrogens is 5. The molecule has 136 valence electrons. The zero-order valence-corrected chi connectivity index (χ0v) is 14.9. The Hall–Kier alpha value is -2.33. The lowest BCUT2D eigenvalue weighted by Gasteiger charge is -2.32. The fraction of sp³-hybridized carbons (Fsp3) is 0.667. The Morgan fingerprint density at radius 2 is 1.72 bits per heavy atom. The second-order valence-electron chi connectivity index (χ2n) is 6.44. The maximum atomic E-state index is 12.2. The average Bonchev–Trinajstić information content (AvgIpc) is 2.63. The molecule has 0 atom stereocenters. The first-order valence-electron chi connectivity index (χ1n) is 8.42. The van der Waals surface area contributed by atoms with Crippen LogP contribution >= 0.6 is 0 Å². The van der Waals surface area contributed by atoms with E-state index in [1.54, 1.807) is 7.05 Å². The highest BCUT2D eigenvalue weighted by Gasteiger charge is 2.14. The molecule has 0 spiro atoms. The van der Waals surface area contributed by atoms with E-state index in [1.165, 1.54) is 11.6 Å². The Kier molecular flexibility index (Phi) is 5.09. The highest BCUT2D eigenvalue weighted by Crippen LogP contribution is 2.04. The number of rotatable bonds is 5. The Morgan fingerprint density at radius 1 is 1.00 bits per heavy atom. The Balaban J connectivity index is 1.63. The van der Waals surface area contributed by atoms with Gasteiger partial charge in [-0.05, 0) is 20.0 Å². The number of piperazine rings is 1. The maximum absolute atomic E-state index is 12.2. The molecule has 1 N–H and O–H groups in total. The summed E-state index contributed by atoms with van der Waals surface area (Å²) in [4.78, 5) is 33.1. The van der Waals surface area contributed by atoms with Gasteiger partial charge in [0.1, 0.15) is 0 Å². The summed E-state index contributed by atoms with van der Waals surface area (Å²) in [6, 6.07) is 0. The van der Waals surface area contributed by atoms with E-state index in [0.29, 0.717) is 12.5 Å². The van der Waals surface area contributed by atoms with Gasteiger partial charge in [0.05, 0.1) is 0 Å². The predicted molar refractivity (Wildman–Crippen MR) is 94.9 cm³/mol. The minimum Gasteiger partial charge on any atom is -0.353 e. The lowest BCUT2D eigenvalue weighted by atomic mass is 10.3. The molecule has 2 aromatic rings. The van der Waals surface area contributed by atoms with Gasteiger partial charge < -0.3 is 15.1 Å². The quantitative estimate of drug-likeness (QED) is 0.650. The summed E-state index contributed by atoms with van der Waals surface area (Å²) in [7, 11) is 5.11. The number of likely N-dealkylation sites (N-methyl/N-ethyl adjacent to an activating group) is 1. The van der Waals surface area contributed by atoms with Crippen molar-refractivity contribution >= 4 is 17.1 Å². The first-order valence-corrected chi connectivity index (χ1v) is 8.42. The molecule has 0 radical (unpaired) electrons. The van der Waals surface area contributed by atoms with Crippen molar-refractivity contribution in [3.05, 3.63) is 20.8 Å². The second-order valence-corrected chi connectivity index (χ2v) is 6.44. The highest BCUT2D eigenvalue weighted by atomic mass is 16.2. The third-order valence-electron chi connectivity index (χ3n) is 4.60. The molecule has 1 aliphatic rings. The average molecular weight is 348 g/mol. The number of hydrogen-bond donors (Lipinski definition) is 1. The summed E-state index contributed by atoms with van der Waals surface area (Å²) in [5, 5.41) is 11.1. The van der Waals surface area contributed by atoms with Crippen LogP contribution < -0.4 is 16.6 Å². The van der Waals surface area contributed by atoms with Crippen LogP contribution in [0.5, 0.6) is 0 Å². The fourth-order valence-corrected chi connectivity index (χ4v) is 2.90. The predicted octanol–water partition coefficient (Wildman–Crippen LogP) is -1.53. The van der Waals surface area contributed by atoms with Gasteiger partial charge in [-0.2, -0.15) is 0 Å². The van der Waals surface area contributed by atoms with E-state index in [4.69, 9.17) is 0 Å². The van der Waals surface area contributed by atoms with Crippen molar-refractivity contribution in [2.45, 2.75) is 6.42 Å². The van der Waals surface area contributed by atoms with Crippen LogP contribution in [0.1, 0.15) is 6.42 Å². The highest BCUT2D eigenvalue weighted by molar-refractivity contribution is 5.69. The van der Waals surface area contributed by atoms with Gasteiger partial charge in [0.15, 0.2) is 11.2 Å². The first-order chi connectivity index (χ1) is 12.0. The molecule has 1 fully saturated rings. The largest absolute Gasteiger partial charge is 0.353 e. The standard InChI is InChI=1S/C15H24N8O2/c1-20-7-9-23(10-8-20)6-4-5-16-14-17-11-12(18-19-14)21(2)15(25)22(3)13(11)24/h4-10H2,1-3H3,(H,16,17,19). The number of anilines is 1. The van der Waals surface area contributed by atoms with Crippen LogP contribution in [0.15, 0.2) is 9.59 Å². The van der Waals surface area contributed by atoms with Crippen molar-refractivity contribution in [1.29, 1.82) is 0 Å². The monoisotopic (exact) mass is 348 g/mol. The van der Waals surface area contributed by atoms with Crippen LogP contribution in [0.25, 0.3) is 11.2 Å². The molecular weight excluding hydrogens is 324 g/mol. The molecule has 0 amide bonds. The van der Waals surface area contributed by atoms with Crippen LogP contribution in [-0.4, -0.2) is 80.4 Å². The van der Waals surface area contributed by atoms with Crippen molar-refractivity contribution in [3.8, 4) is 0 Å². The zero-order valence-electron chi connectivity index (χ0n) is 14.9. The summed E-state index contributed by atoms with van der Waals surface area (Å²) < 4.78 is 2.29. The van der Waals surface area contributed by atoms with Gasteiger partial charge in [0.2, 0.25) is 5.95 Å². The summed E-state index contributed by atoms with van der Waals surface area (Å²) in [5.74, 6) is 0.307. The van der Waals surface area contributed by atoms with E-state index in [-0.39, 0.29) is 11.2 Å². The molecule has 0 aliphatic carbocycles. The van der Waals surface area contributed by atoms with E-state index < -0.39 is 11.2 Å². The molecule has 10 heteroatoms. The Morgan fingerprint density at radius 3 is 2.44 bits per heavy atom. The van der Waals surface area contributed by atoms with Crippen LogP contribution in [0.3, 0.4) is 0 Å². The molecule has 1 saturated heterocycles. The van der Waals surface area contributed by atoms with Gasteiger partial charge in [-0.15, -0.1) is 10.2 Å². The van der Waals surface area contributed by atoms with Crippen LogP contribution in [0, 0.1) is 0 Å². The van der Waals surface area contributed by atoms with Crippen molar-refractivity contribution < 1.29 is 0 Å². The van der Waals surface area contributed by atoms with Crippen molar-refractivity contribution in [2.24, 2.45) is 14.1 Å². The molecule has 1 aliphatic heterocycles. The summed E-state index contributed by atoms with van der Waals surface area (Å²) in [6.45, 7) is 6.10. The van der Waals surface area contributed by atoms with Crippen molar-refractivity contribution in [1.82, 2.24) is 34.1 Å². The summed E-state index contributed by atoms with van der Waals surface area (Å²) in [5.41, 5.74) is -0.577. The number of nitrogens with zero attached hydrogens (tertiary/aromatic N) is 7. The van der Waals surface area contributed by atoms with Gasteiger partial charge in [0, 0.05) is 46.8 Å². The second kappa shape index (κ2) is 7.28. The maximum Gasteiger partial charge on any atom is 0.332 e. The number of nitrogens with one attached hydrogen (secondary N) is 1. The van der Waals surface area contributed by atoms with Gasteiger partial charge in [-0.25, -0.2) is 9.78 Å². The Bertz CT molecular complexity index is 866. The SMILES string of the molecule is CN1CCN(CCCNc2nnc3c(n2)c(=O)n(C)c(=O)n3C)CC1. The molecule has 0 unspecified atom stereocenters. The van der Waals surface area contributed by atoms with Crippen LogP contribution in [0.2, 0.25) is 0 Å². The van der Waals surface area contributed by atoms with E-state index >= 15 is 0 Å². The van der Waals surface area contributed by atoms with E-state index in [9.17, 15) is 9.59 Å². The van der Waals surface area contributed by atoms with Gasteiger partial charge in [-0.3, -0.25) is 13.9 Å². The normalized spacial score (nSPS) is 16.4. The fourth-order valence-electron chi connectivity index (χ4n) is 2.90. The van der Waals surface area contributed by atoms with E-state index in [0.717, 1.165) is 43.7 Å². The molecule has 0 saturated carbocycles. The van der Waals surface area contributed by atoms with E-state index in [2.05, 4.69) is 37.3 Å². The molecule has 25 heavy (non-hydrogen) atoms. The van der Waals surface area contributed by atoms with Crippen LogP contribution in [-0.2, 0) is 14.1 Å². The first kappa shape index (κ1) is 17.5. The number of hydrogen-bond acceptors (Lipinski definition) is 8. The minimum atomic E-state index is -0.464. The zero-order chi connectivity index (χ0) is 18.0. The molecule has 0 aromatic carbocycles. The third kappa shape index (κ3) is 3.69. The van der Waals surface area contributed by atoms with Gasteiger partial charge >= 0.3 is 5.69 Å². The van der Waals surface area contributed by atoms with E-state index in [1.807, 2.05) is 0 Å². The summed E-state index contributed by atoms with van der Waals surface area (Å²) in [6.07, 6.45) is 0.955. The molecular formula is C15H24N8O2. The smallest absolute Gasteiger partial charge is 0.332 e. The lowest BCUT2D eigenvalue weighted by molar-refractivity contribution is 0.154. The van der Waals surface area contributed by atoms with Crippen molar-refractivity contribution in [3.63, 3.8) is 0 Å². The topological polar surface area (TPSA) is 101 Å². The molecule has 3 rings (SSSR count). The van der Waals surface area contributed by atoms with Crippen molar-refractivity contribution in [2.75, 3.05) is 51.6 Å². The summed E-state index contributed by atoms with van der Waals surface area (Å²) >= 11 is 0. The molecule has 2 aromatic heterocycles. The molecule has 10 nitrogen and oxygen atoms in total. The number of fused-ring (bicyclic) bond motifs is 1. The number of aryl methyl sites for hydroxylation is 1. The van der Waals surface area contributed by atoms with Crippen LogP contribution in [0.4, 0.5) is 5.95 Å². The molecule has 0 bridgehead atoms. The molecule has 3 heterocycles.